The summed E-state index contributed by atoms with van der Waals surface area (Å²) >= 11 is 0. The first-order valence-corrected chi connectivity index (χ1v) is 10.6. The number of carbonyl (C=O) groups excluding carboxylic acids is 1. The second-order valence-electron chi connectivity index (χ2n) is 7.41. The van der Waals surface area contributed by atoms with Gasteiger partial charge in [0, 0.05) is 19.8 Å². The van der Waals surface area contributed by atoms with Crippen molar-refractivity contribution < 1.29 is 13.2 Å². The second kappa shape index (κ2) is 8.75. The number of aryl methyl sites for hydroxylation is 2. The number of nitrogens with zero attached hydrogens (tertiary/aromatic N) is 2. The molecular formula is C21H29N3O3S. The van der Waals surface area contributed by atoms with E-state index in [-0.39, 0.29) is 6.54 Å². The van der Waals surface area contributed by atoms with E-state index in [4.69, 9.17) is 0 Å². The molecule has 0 aliphatic heterocycles. The Morgan fingerprint density at radius 2 is 1.64 bits per heavy atom. The Balaban J connectivity index is 2.29. The van der Waals surface area contributed by atoms with Crippen molar-refractivity contribution in [3.8, 4) is 0 Å². The van der Waals surface area contributed by atoms with E-state index in [1.807, 2.05) is 50.2 Å². The predicted molar refractivity (Wildman–Crippen MR) is 115 cm³/mol. The van der Waals surface area contributed by atoms with Crippen molar-refractivity contribution in [2.24, 2.45) is 0 Å². The minimum atomic E-state index is -3.83. The second-order valence-corrected chi connectivity index (χ2v) is 9.48. The van der Waals surface area contributed by atoms with Gasteiger partial charge in [0.25, 0.3) is 0 Å². The molecule has 0 spiro atoms. The van der Waals surface area contributed by atoms with Gasteiger partial charge in [-0.3, -0.25) is 4.79 Å². The largest absolute Gasteiger partial charge is 0.325 e. The molecule has 0 aliphatic carbocycles. The zero-order valence-electron chi connectivity index (χ0n) is 17.4. The molecule has 2 aromatic rings. The molecule has 0 bridgehead atoms. The summed E-state index contributed by atoms with van der Waals surface area (Å²) in [5, 5.41) is 2.79. The first kappa shape index (κ1) is 21.9. The molecule has 152 valence electrons. The van der Waals surface area contributed by atoms with Gasteiger partial charge in [-0.2, -0.15) is 12.7 Å². The molecule has 0 aliphatic rings. The van der Waals surface area contributed by atoms with Crippen LogP contribution in [0.25, 0.3) is 0 Å². The first-order chi connectivity index (χ1) is 13.0. The van der Waals surface area contributed by atoms with Crippen LogP contribution < -0.4 is 9.62 Å². The van der Waals surface area contributed by atoms with Gasteiger partial charge < -0.3 is 5.32 Å². The molecule has 0 unspecified atom stereocenters. The average Bonchev–Trinajstić information content (AvgIpc) is 2.62. The summed E-state index contributed by atoms with van der Waals surface area (Å²) in [4.78, 5) is 12.6. The number of amides is 1. The van der Waals surface area contributed by atoms with Crippen molar-refractivity contribution in [1.82, 2.24) is 4.31 Å². The molecule has 1 N–H and O–H groups in total. The molecule has 2 rings (SSSR count). The van der Waals surface area contributed by atoms with Crippen LogP contribution in [0, 0.1) is 13.8 Å². The van der Waals surface area contributed by atoms with E-state index in [0.717, 1.165) is 19.7 Å². The summed E-state index contributed by atoms with van der Waals surface area (Å²) < 4.78 is 28.0. The van der Waals surface area contributed by atoms with Crippen LogP contribution in [0.1, 0.15) is 36.5 Å². The average molecular weight is 404 g/mol. The van der Waals surface area contributed by atoms with Gasteiger partial charge in [0.2, 0.25) is 5.91 Å². The number of rotatable bonds is 7. The molecule has 0 atom stereocenters. The molecule has 0 aromatic heterocycles. The molecule has 0 saturated heterocycles. The van der Waals surface area contributed by atoms with Gasteiger partial charge in [-0.05, 0) is 54.7 Å². The van der Waals surface area contributed by atoms with E-state index < -0.39 is 16.1 Å². The zero-order chi connectivity index (χ0) is 21.1. The predicted octanol–water partition coefficient (Wildman–Crippen LogP) is 3.68. The highest BCUT2D eigenvalue weighted by Gasteiger charge is 2.28. The minimum Gasteiger partial charge on any atom is -0.325 e. The number of nitrogens with one attached hydrogen (secondary N) is 1. The molecule has 6 nitrogen and oxygen atoms in total. The summed E-state index contributed by atoms with van der Waals surface area (Å²) in [6.45, 7) is 7.61. The fraction of sp³-hybridized carbons (Fsp3) is 0.381. The summed E-state index contributed by atoms with van der Waals surface area (Å²) in [5.74, 6) is -0.00148. The number of benzene rings is 2. The van der Waals surface area contributed by atoms with E-state index >= 15 is 0 Å². The van der Waals surface area contributed by atoms with Gasteiger partial charge in [0.1, 0.15) is 6.54 Å². The van der Waals surface area contributed by atoms with Crippen molar-refractivity contribution in [3.05, 3.63) is 59.2 Å². The van der Waals surface area contributed by atoms with Crippen LogP contribution in [0.5, 0.6) is 0 Å². The number of carbonyl (C=O) groups is 1. The van der Waals surface area contributed by atoms with Crippen LogP contribution in [0.15, 0.2) is 42.5 Å². The van der Waals surface area contributed by atoms with Gasteiger partial charge in [-0.15, -0.1) is 0 Å². The molecule has 0 heterocycles. The number of hydrogen-bond acceptors (Lipinski definition) is 3. The van der Waals surface area contributed by atoms with Crippen LogP contribution in [0.2, 0.25) is 0 Å². The molecule has 28 heavy (non-hydrogen) atoms. The molecule has 1 amide bonds. The Labute approximate surface area is 168 Å². The fourth-order valence-electron chi connectivity index (χ4n) is 2.76. The van der Waals surface area contributed by atoms with Crippen LogP contribution in [-0.4, -0.2) is 39.3 Å². The van der Waals surface area contributed by atoms with Crippen molar-refractivity contribution >= 4 is 27.5 Å². The quantitative estimate of drug-likeness (QED) is 0.767. The Bertz CT molecular complexity index is 936. The lowest BCUT2D eigenvalue weighted by molar-refractivity contribution is -0.114. The minimum absolute atomic E-state index is 0.309. The standard InChI is InChI=1S/C21H29N3O3S/c1-15(2)18-9-11-19(12-10-18)22-21(25)14-24(28(26,27)23(5)6)20-13-16(3)7-8-17(20)4/h7-13,15H,14H2,1-6H3,(H,22,25). The lowest BCUT2D eigenvalue weighted by Gasteiger charge is -2.28. The maximum atomic E-state index is 12.9. The summed E-state index contributed by atoms with van der Waals surface area (Å²) in [6.07, 6.45) is 0. The van der Waals surface area contributed by atoms with E-state index in [1.165, 1.54) is 19.7 Å². The summed E-state index contributed by atoms with van der Waals surface area (Å²) in [7, 11) is -0.922. The van der Waals surface area contributed by atoms with Crippen LogP contribution in [-0.2, 0) is 15.0 Å². The van der Waals surface area contributed by atoms with Gasteiger partial charge >= 0.3 is 10.2 Å². The Hall–Kier alpha value is -2.38. The summed E-state index contributed by atoms with van der Waals surface area (Å²) in [5.41, 5.74) is 4.01. The molecule has 0 radical (unpaired) electrons. The van der Waals surface area contributed by atoms with Gasteiger partial charge in [0.05, 0.1) is 5.69 Å². The monoisotopic (exact) mass is 403 g/mol. The highest BCUT2D eigenvalue weighted by molar-refractivity contribution is 7.90. The third-order valence-corrected chi connectivity index (χ3v) is 6.33. The van der Waals surface area contributed by atoms with Crippen molar-refractivity contribution in [2.45, 2.75) is 33.6 Å². The lowest BCUT2D eigenvalue weighted by Crippen LogP contribution is -2.44. The molecular weight excluding hydrogens is 374 g/mol. The maximum Gasteiger partial charge on any atom is 0.304 e. The fourth-order valence-corrected chi connectivity index (χ4v) is 3.88. The van der Waals surface area contributed by atoms with Gasteiger partial charge in [-0.25, -0.2) is 4.31 Å². The molecule has 0 saturated carbocycles. The van der Waals surface area contributed by atoms with Crippen LogP contribution in [0.3, 0.4) is 0 Å². The maximum absolute atomic E-state index is 12.9. The third-order valence-electron chi connectivity index (χ3n) is 4.52. The number of hydrogen-bond donors (Lipinski definition) is 1. The molecule has 7 heteroatoms. The number of anilines is 2. The highest BCUT2D eigenvalue weighted by atomic mass is 32.2. The Kier molecular flexibility index (Phi) is 6.85. The lowest BCUT2D eigenvalue weighted by atomic mass is 10.0. The SMILES string of the molecule is Cc1ccc(C)c(N(CC(=O)Nc2ccc(C(C)C)cc2)S(=O)(=O)N(C)C)c1. The zero-order valence-corrected chi connectivity index (χ0v) is 18.2. The van der Waals surface area contributed by atoms with Crippen LogP contribution in [0.4, 0.5) is 11.4 Å². The van der Waals surface area contributed by atoms with Gasteiger partial charge in [-0.1, -0.05) is 38.1 Å². The third kappa shape index (κ3) is 5.11. The smallest absolute Gasteiger partial charge is 0.304 e. The van der Waals surface area contributed by atoms with E-state index in [0.29, 0.717) is 17.3 Å². The molecule has 0 fully saturated rings. The topological polar surface area (TPSA) is 69.7 Å². The summed E-state index contributed by atoms with van der Waals surface area (Å²) in [6, 6.07) is 13.1. The highest BCUT2D eigenvalue weighted by Crippen LogP contribution is 2.25. The van der Waals surface area contributed by atoms with Crippen molar-refractivity contribution in [1.29, 1.82) is 0 Å². The van der Waals surface area contributed by atoms with Crippen molar-refractivity contribution in [2.75, 3.05) is 30.3 Å². The van der Waals surface area contributed by atoms with Gasteiger partial charge in [0.15, 0.2) is 0 Å². The molecule has 2 aromatic carbocycles. The van der Waals surface area contributed by atoms with E-state index in [9.17, 15) is 13.2 Å². The van der Waals surface area contributed by atoms with E-state index in [2.05, 4.69) is 19.2 Å². The normalized spacial score (nSPS) is 11.7. The Morgan fingerprint density at radius 3 is 2.18 bits per heavy atom. The van der Waals surface area contributed by atoms with Crippen molar-refractivity contribution in [3.63, 3.8) is 0 Å². The van der Waals surface area contributed by atoms with E-state index in [1.54, 1.807) is 6.07 Å². The first-order valence-electron chi connectivity index (χ1n) is 9.19. The Morgan fingerprint density at radius 1 is 1.04 bits per heavy atom. The van der Waals surface area contributed by atoms with Crippen LogP contribution >= 0.6 is 0 Å².